The zero-order chi connectivity index (χ0) is 26.8. The van der Waals surface area contributed by atoms with Crippen LogP contribution in [0.2, 0.25) is 0 Å². The van der Waals surface area contributed by atoms with E-state index in [1.165, 1.54) is 0 Å². The highest BCUT2D eigenvalue weighted by atomic mass is 16.2. The van der Waals surface area contributed by atoms with E-state index < -0.39 is 0 Å². The first-order valence-corrected chi connectivity index (χ1v) is 13.3. The zero-order valence-corrected chi connectivity index (χ0v) is 23.5. The molecule has 2 fully saturated rings. The van der Waals surface area contributed by atoms with Crippen LogP contribution in [0.15, 0.2) is 24.3 Å². The van der Waals surface area contributed by atoms with Gasteiger partial charge in [0.15, 0.2) is 0 Å². The number of hydrogen-bond acceptors (Lipinski definition) is 4. The van der Waals surface area contributed by atoms with E-state index in [0.717, 1.165) is 36.8 Å². The van der Waals surface area contributed by atoms with Crippen molar-refractivity contribution in [2.45, 2.75) is 128 Å². The molecule has 0 bridgehead atoms. The second-order valence-electron chi connectivity index (χ2n) is 13.5. The lowest BCUT2D eigenvalue weighted by Crippen LogP contribution is -2.62. The Morgan fingerprint density at radius 2 is 0.917 bits per heavy atom. The molecule has 1 aromatic rings. The Morgan fingerprint density at radius 3 is 1.19 bits per heavy atom. The monoisotopic (exact) mass is 500 g/mol. The lowest BCUT2D eigenvalue weighted by Gasteiger charge is -2.46. The van der Waals surface area contributed by atoms with Crippen molar-refractivity contribution in [2.75, 3.05) is 0 Å². The van der Waals surface area contributed by atoms with Crippen LogP contribution in [-0.4, -0.2) is 46.3 Å². The van der Waals surface area contributed by atoms with Crippen molar-refractivity contribution in [3.05, 3.63) is 35.4 Å². The second-order valence-corrected chi connectivity index (χ2v) is 13.5. The van der Waals surface area contributed by atoms with Crippen molar-refractivity contribution in [1.29, 1.82) is 0 Å². The maximum absolute atomic E-state index is 12.5. The first-order valence-electron chi connectivity index (χ1n) is 13.3. The van der Waals surface area contributed by atoms with Crippen molar-refractivity contribution in [3.63, 3.8) is 0 Å². The van der Waals surface area contributed by atoms with E-state index in [4.69, 9.17) is 0 Å². The van der Waals surface area contributed by atoms with Crippen molar-refractivity contribution in [1.82, 2.24) is 31.9 Å². The molecule has 2 aliphatic heterocycles. The van der Waals surface area contributed by atoms with Gasteiger partial charge in [0, 0.05) is 47.3 Å². The topological polar surface area (TPSA) is 106 Å². The Bertz CT molecular complexity index is 815. The summed E-state index contributed by atoms with van der Waals surface area (Å²) in [7, 11) is 0. The maximum Gasteiger partial charge on any atom is 0.315 e. The van der Waals surface area contributed by atoms with Gasteiger partial charge in [-0.05, 0) is 92.2 Å². The lowest BCUT2D eigenvalue weighted by atomic mass is 9.79. The number of rotatable bonds is 6. The highest BCUT2D eigenvalue weighted by Crippen LogP contribution is 2.29. The normalized spacial score (nSPS) is 22.9. The molecule has 4 amide bonds. The fourth-order valence-electron chi connectivity index (χ4n) is 6.46. The summed E-state index contributed by atoms with van der Waals surface area (Å²) < 4.78 is 0. The Labute approximate surface area is 217 Å². The van der Waals surface area contributed by atoms with E-state index in [-0.39, 0.29) is 46.3 Å². The summed E-state index contributed by atoms with van der Waals surface area (Å²) in [5, 5.41) is 19.5. The zero-order valence-electron chi connectivity index (χ0n) is 23.5. The lowest BCUT2D eigenvalue weighted by molar-refractivity contribution is 0.146. The standard InChI is InChI=1S/C28H48N6O2/c1-25(2)13-21(14-26(3,4)33-25)31-23(35)29-17-19-9-11-20(12-10-19)18-30-24(36)32-22-15-27(5,6)34-28(7,8)16-22/h9-12,21-22,33-34H,13-18H2,1-8H3,(H2,29,31,35)(H2,30,32,36). The van der Waals surface area contributed by atoms with E-state index in [2.05, 4.69) is 87.3 Å². The highest BCUT2D eigenvalue weighted by molar-refractivity contribution is 5.74. The molecule has 0 aliphatic carbocycles. The molecule has 202 valence electrons. The van der Waals surface area contributed by atoms with Crippen LogP contribution in [-0.2, 0) is 13.1 Å². The van der Waals surface area contributed by atoms with Crippen LogP contribution in [0.1, 0.15) is 92.2 Å². The van der Waals surface area contributed by atoms with Gasteiger partial charge in [-0.2, -0.15) is 0 Å². The Morgan fingerprint density at radius 1 is 0.639 bits per heavy atom. The molecule has 0 aromatic heterocycles. The van der Waals surface area contributed by atoms with Gasteiger partial charge < -0.3 is 31.9 Å². The first kappa shape index (κ1) is 28.3. The van der Waals surface area contributed by atoms with Crippen molar-refractivity contribution in [2.24, 2.45) is 0 Å². The molecule has 2 heterocycles. The molecule has 0 spiro atoms. The van der Waals surface area contributed by atoms with Crippen LogP contribution in [0, 0.1) is 0 Å². The van der Waals surface area contributed by atoms with E-state index in [1.807, 2.05) is 24.3 Å². The molecule has 8 heteroatoms. The fourth-order valence-corrected chi connectivity index (χ4v) is 6.46. The summed E-state index contributed by atoms with van der Waals surface area (Å²) in [6.07, 6.45) is 3.58. The number of carbonyl (C=O) groups is 2. The molecule has 2 aliphatic rings. The summed E-state index contributed by atoms with van der Waals surface area (Å²) in [6.45, 7) is 18.3. The maximum atomic E-state index is 12.5. The molecular weight excluding hydrogens is 452 g/mol. The Kier molecular flexibility index (Phi) is 8.30. The van der Waals surface area contributed by atoms with Crippen LogP contribution in [0.4, 0.5) is 9.59 Å². The van der Waals surface area contributed by atoms with Gasteiger partial charge in [-0.25, -0.2) is 9.59 Å². The molecule has 1 aromatic carbocycles. The van der Waals surface area contributed by atoms with Crippen LogP contribution < -0.4 is 31.9 Å². The second kappa shape index (κ2) is 10.6. The first-order chi connectivity index (χ1) is 16.5. The smallest absolute Gasteiger partial charge is 0.315 e. The predicted octanol–water partition coefficient (Wildman–Crippen LogP) is 3.90. The van der Waals surface area contributed by atoms with Gasteiger partial charge in [0.1, 0.15) is 0 Å². The Balaban J connectivity index is 1.40. The number of hydrogen-bond donors (Lipinski definition) is 6. The number of urea groups is 2. The average molecular weight is 501 g/mol. The summed E-state index contributed by atoms with van der Waals surface area (Å²) in [5.41, 5.74) is 1.98. The minimum atomic E-state index is -0.139. The molecule has 8 nitrogen and oxygen atoms in total. The molecule has 2 saturated heterocycles. The number of benzene rings is 1. The molecule has 3 rings (SSSR count). The molecule has 0 radical (unpaired) electrons. The van der Waals surface area contributed by atoms with Gasteiger partial charge >= 0.3 is 12.1 Å². The van der Waals surface area contributed by atoms with Gasteiger partial charge in [-0.15, -0.1) is 0 Å². The number of amides is 4. The van der Waals surface area contributed by atoms with Gasteiger partial charge in [0.2, 0.25) is 0 Å². The number of carbonyl (C=O) groups excluding carboxylic acids is 2. The van der Waals surface area contributed by atoms with Crippen molar-refractivity contribution >= 4 is 12.1 Å². The van der Waals surface area contributed by atoms with Gasteiger partial charge in [0.05, 0.1) is 0 Å². The van der Waals surface area contributed by atoms with Gasteiger partial charge in [-0.1, -0.05) is 24.3 Å². The van der Waals surface area contributed by atoms with Crippen LogP contribution in [0.25, 0.3) is 0 Å². The largest absolute Gasteiger partial charge is 0.335 e. The molecule has 6 N–H and O–H groups in total. The van der Waals surface area contributed by atoms with E-state index in [9.17, 15) is 9.59 Å². The third kappa shape index (κ3) is 8.96. The SMILES string of the molecule is CC1(C)CC(NC(=O)NCc2ccc(CNC(=O)NC3CC(C)(C)NC(C)(C)C3)cc2)CC(C)(C)N1. The van der Waals surface area contributed by atoms with Crippen molar-refractivity contribution < 1.29 is 9.59 Å². The van der Waals surface area contributed by atoms with Crippen LogP contribution in [0.5, 0.6) is 0 Å². The Hall–Kier alpha value is -2.32. The third-order valence-electron chi connectivity index (χ3n) is 6.98. The summed E-state index contributed by atoms with van der Waals surface area (Å²) in [6, 6.07) is 7.96. The third-order valence-corrected chi connectivity index (χ3v) is 6.98. The molecule has 36 heavy (non-hydrogen) atoms. The predicted molar refractivity (Wildman–Crippen MR) is 146 cm³/mol. The quantitative estimate of drug-likeness (QED) is 0.356. The van der Waals surface area contributed by atoms with Crippen LogP contribution >= 0.6 is 0 Å². The minimum Gasteiger partial charge on any atom is -0.335 e. The highest BCUT2D eigenvalue weighted by Gasteiger charge is 2.39. The summed E-state index contributed by atoms with van der Waals surface area (Å²) >= 11 is 0. The van der Waals surface area contributed by atoms with Crippen LogP contribution in [0.3, 0.4) is 0 Å². The van der Waals surface area contributed by atoms with E-state index in [1.54, 1.807) is 0 Å². The fraction of sp³-hybridized carbons (Fsp3) is 0.714. The van der Waals surface area contributed by atoms with E-state index >= 15 is 0 Å². The summed E-state index contributed by atoms with van der Waals surface area (Å²) in [5.74, 6) is 0. The number of nitrogens with one attached hydrogen (secondary N) is 6. The van der Waals surface area contributed by atoms with E-state index in [0.29, 0.717) is 13.1 Å². The molecule has 0 unspecified atom stereocenters. The minimum absolute atomic E-state index is 0.0126. The number of piperidine rings is 2. The summed E-state index contributed by atoms with van der Waals surface area (Å²) in [4.78, 5) is 25.0. The molecule has 0 atom stereocenters. The molecule has 0 saturated carbocycles. The molecular formula is C28H48N6O2. The van der Waals surface area contributed by atoms with Gasteiger partial charge in [-0.3, -0.25) is 0 Å². The van der Waals surface area contributed by atoms with Crippen molar-refractivity contribution in [3.8, 4) is 0 Å². The van der Waals surface area contributed by atoms with Gasteiger partial charge in [0.25, 0.3) is 0 Å². The average Bonchev–Trinajstić information content (AvgIpc) is 2.66.